The van der Waals surface area contributed by atoms with Crippen molar-refractivity contribution in [2.24, 2.45) is 0 Å². The van der Waals surface area contributed by atoms with Gasteiger partial charge in [0, 0.05) is 0 Å². The van der Waals surface area contributed by atoms with E-state index in [0.29, 0.717) is 5.56 Å². The van der Waals surface area contributed by atoms with Gasteiger partial charge >= 0.3 is 11.9 Å². The molecule has 0 aromatic heterocycles. The Morgan fingerprint density at radius 2 is 1.82 bits per heavy atom. The number of carboxylic acids is 1. The van der Waals surface area contributed by atoms with Crippen molar-refractivity contribution >= 4 is 18.0 Å². The van der Waals surface area contributed by atoms with Crippen molar-refractivity contribution < 1.29 is 59.2 Å². The number of aliphatic hydroxyl groups is 5. The molecule has 6 atom stereocenters. The molecule has 2 rings (SSSR count). The highest BCUT2D eigenvalue weighted by atomic mass is 16.7. The van der Waals surface area contributed by atoms with E-state index in [9.17, 15) is 30.0 Å². The van der Waals surface area contributed by atoms with Crippen LogP contribution < -0.4 is 9.47 Å². The average molecular weight is 486 g/mol. The summed E-state index contributed by atoms with van der Waals surface area (Å²) in [6, 6.07) is 4.76. The minimum Gasteiger partial charge on any atom is -0.493 e. The highest BCUT2D eigenvalue weighted by molar-refractivity contribution is 5.73. The summed E-state index contributed by atoms with van der Waals surface area (Å²) < 4.78 is 21.4. The molecule has 1 aromatic rings. The molecular formula is C22H30O12. The zero-order chi connectivity index (χ0) is 25.5. The summed E-state index contributed by atoms with van der Waals surface area (Å²) in [6.45, 7) is 0.456. The van der Waals surface area contributed by atoms with E-state index in [1.54, 1.807) is 18.2 Å². The number of esters is 1. The number of hydrogen-bond acceptors (Lipinski definition) is 11. The van der Waals surface area contributed by atoms with Gasteiger partial charge in [0.2, 0.25) is 6.29 Å². The van der Waals surface area contributed by atoms with Crippen LogP contribution in [0.5, 0.6) is 11.5 Å². The van der Waals surface area contributed by atoms with E-state index >= 15 is 0 Å². The lowest BCUT2D eigenvalue weighted by Gasteiger charge is -2.40. The number of ether oxygens (including phenoxy) is 4. The Kier molecular flexibility index (Phi) is 9.79. The number of rotatable bonds is 11. The fourth-order valence-electron chi connectivity index (χ4n) is 3.28. The Bertz CT molecular complexity index is 867. The van der Waals surface area contributed by atoms with Crippen molar-refractivity contribution in [3.05, 3.63) is 29.8 Å². The molecule has 12 heteroatoms. The van der Waals surface area contributed by atoms with Crippen LogP contribution in [-0.2, 0) is 19.1 Å². The Morgan fingerprint density at radius 3 is 2.44 bits per heavy atom. The van der Waals surface area contributed by atoms with E-state index in [4.69, 9.17) is 29.2 Å². The van der Waals surface area contributed by atoms with E-state index in [1.165, 1.54) is 19.3 Å². The Labute approximate surface area is 195 Å². The van der Waals surface area contributed by atoms with Gasteiger partial charge < -0.3 is 49.6 Å². The molecule has 6 N–H and O–H groups in total. The van der Waals surface area contributed by atoms with Crippen molar-refractivity contribution in [1.29, 1.82) is 0 Å². The summed E-state index contributed by atoms with van der Waals surface area (Å²) in [6.07, 6.45) is -5.88. The van der Waals surface area contributed by atoms with Crippen LogP contribution in [0.15, 0.2) is 24.3 Å². The maximum Gasteiger partial charge on any atom is 0.308 e. The molecule has 1 aliphatic rings. The smallest absolute Gasteiger partial charge is 0.308 e. The lowest BCUT2D eigenvalue weighted by atomic mass is 9.98. The molecule has 1 aromatic carbocycles. The molecule has 0 spiro atoms. The number of aliphatic carboxylic acids is 1. The van der Waals surface area contributed by atoms with Gasteiger partial charge in [-0.05, 0) is 24.6 Å². The van der Waals surface area contributed by atoms with Crippen LogP contribution in [0.2, 0.25) is 0 Å². The van der Waals surface area contributed by atoms with E-state index in [0.717, 1.165) is 6.92 Å². The van der Waals surface area contributed by atoms with Gasteiger partial charge in [0.25, 0.3) is 0 Å². The van der Waals surface area contributed by atoms with Crippen molar-refractivity contribution in [1.82, 2.24) is 0 Å². The molecule has 34 heavy (non-hydrogen) atoms. The Hall–Kier alpha value is -2.74. The minimum atomic E-state index is -1.84. The SMILES string of the molecule is COc1cc(/C=C/CO)ccc1O[C@@H]1O[C@H](COC(=O)CC(C)(O)CC(=O)O)[C@@H](O)[C@H](O)[C@H]1O. The van der Waals surface area contributed by atoms with E-state index in [2.05, 4.69) is 0 Å². The van der Waals surface area contributed by atoms with Gasteiger partial charge in [-0.1, -0.05) is 18.2 Å². The number of carbonyl (C=O) groups excluding carboxylic acids is 1. The third kappa shape index (κ3) is 7.65. The molecular weight excluding hydrogens is 456 g/mol. The topological polar surface area (TPSA) is 192 Å². The maximum atomic E-state index is 12.0. The molecule has 1 unspecified atom stereocenters. The molecule has 1 fully saturated rings. The number of aliphatic hydroxyl groups excluding tert-OH is 4. The quantitative estimate of drug-likeness (QED) is 0.210. The first-order valence-electron chi connectivity index (χ1n) is 10.4. The van der Waals surface area contributed by atoms with Gasteiger partial charge in [-0.25, -0.2) is 0 Å². The van der Waals surface area contributed by atoms with Gasteiger partial charge in [0.1, 0.15) is 31.0 Å². The predicted molar refractivity (Wildman–Crippen MR) is 115 cm³/mol. The van der Waals surface area contributed by atoms with Gasteiger partial charge in [-0.2, -0.15) is 0 Å². The molecule has 0 amide bonds. The first-order valence-corrected chi connectivity index (χ1v) is 10.4. The molecule has 0 bridgehead atoms. The highest BCUT2D eigenvalue weighted by Crippen LogP contribution is 2.32. The lowest BCUT2D eigenvalue weighted by Crippen LogP contribution is -2.60. The number of hydrogen-bond donors (Lipinski definition) is 6. The van der Waals surface area contributed by atoms with Crippen LogP contribution >= 0.6 is 0 Å². The van der Waals surface area contributed by atoms with Crippen LogP contribution in [-0.4, -0.2) is 99.2 Å². The third-order valence-corrected chi connectivity index (χ3v) is 4.98. The number of benzene rings is 1. The van der Waals surface area contributed by atoms with Gasteiger partial charge in [0.15, 0.2) is 11.5 Å². The van der Waals surface area contributed by atoms with E-state index < -0.39 is 67.7 Å². The van der Waals surface area contributed by atoms with Crippen LogP contribution in [0.3, 0.4) is 0 Å². The zero-order valence-electron chi connectivity index (χ0n) is 18.7. The molecule has 1 saturated heterocycles. The lowest BCUT2D eigenvalue weighted by molar-refractivity contribution is -0.278. The van der Waals surface area contributed by atoms with Crippen molar-refractivity contribution in [2.75, 3.05) is 20.3 Å². The first kappa shape index (κ1) is 27.5. The summed E-state index contributed by atoms with van der Waals surface area (Å²) >= 11 is 0. The summed E-state index contributed by atoms with van der Waals surface area (Å²) in [5.74, 6) is -1.83. The molecule has 12 nitrogen and oxygen atoms in total. The number of carbonyl (C=O) groups is 2. The standard InChI is InChI=1S/C22H30O12/c1-22(30,9-16(24)25)10-17(26)32-11-15-18(27)19(28)20(29)21(34-15)33-13-6-5-12(4-3-7-23)8-14(13)31-2/h3-6,8,15,18-21,23,27-30H,7,9-11H2,1-2H3,(H,24,25)/b4-3+/t15-,18-,19+,20-,21-,22?/m1/s1. The molecule has 0 aliphatic carbocycles. The van der Waals surface area contributed by atoms with Crippen LogP contribution in [0, 0.1) is 0 Å². The Morgan fingerprint density at radius 1 is 1.12 bits per heavy atom. The number of methoxy groups -OCH3 is 1. The van der Waals surface area contributed by atoms with Gasteiger partial charge in [0.05, 0.1) is 32.2 Å². The summed E-state index contributed by atoms with van der Waals surface area (Å²) in [4.78, 5) is 22.8. The molecule has 0 saturated carbocycles. The maximum absolute atomic E-state index is 12.0. The van der Waals surface area contributed by atoms with Crippen molar-refractivity contribution in [3.8, 4) is 11.5 Å². The highest BCUT2D eigenvalue weighted by Gasteiger charge is 2.46. The second-order valence-electron chi connectivity index (χ2n) is 8.06. The number of carboxylic acid groups (broad SMARTS) is 1. The van der Waals surface area contributed by atoms with Gasteiger partial charge in [-0.3, -0.25) is 9.59 Å². The summed E-state index contributed by atoms with van der Waals surface area (Å²) in [5, 5.41) is 58.4. The first-order chi connectivity index (χ1) is 16.0. The van der Waals surface area contributed by atoms with Crippen molar-refractivity contribution in [3.63, 3.8) is 0 Å². The zero-order valence-corrected chi connectivity index (χ0v) is 18.7. The molecule has 190 valence electrons. The monoisotopic (exact) mass is 486 g/mol. The van der Waals surface area contributed by atoms with Gasteiger partial charge in [-0.15, -0.1) is 0 Å². The van der Waals surface area contributed by atoms with Crippen LogP contribution in [0.1, 0.15) is 25.3 Å². The largest absolute Gasteiger partial charge is 0.493 e. The Balaban J connectivity index is 2.06. The minimum absolute atomic E-state index is 0.147. The summed E-state index contributed by atoms with van der Waals surface area (Å²) in [7, 11) is 1.39. The second-order valence-corrected chi connectivity index (χ2v) is 8.06. The van der Waals surface area contributed by atoms with Crippen LogP contribution in [0.4, 0.5) is 0 Å². The third-order valence-electron chi connectivity index (χ3n) is 4.98. The second kappa shape index (κ2) is 12.1. The summed E-state index contributed by atoms with van der Waals surface area (Å²) in [5.41, 5.74) is -1.15. The fourth-order valence-corrected chi connectivity index (χ4v) is 3.28. The van der Waals surface area contributed by atoms with E-state index in [1.807, 2.05) is 0 Å². The molecule has 0 radical (unpaired) electrons. The average Bonchev–Trinajstić information content (AvgIpc) is 2.76. The van der Waals surface area contributed by atoms with E-state index in [-0.39, 0.29) is 18.1 Å². The molecule has 1 aliphatic heterocycles. The molecule has 1 heterocycles. The predicted octanol–water partition coefficient (Wildman–Crippen LogP) is -0.954. The van der Waals surface area contributed by atoms with Crippen LogP contribution in [0.25, 0.3) is 6.08 Å². The normalized spacial score (nSPS) is 26.6. The fraction of sp³-hybridized carbons (Fsp3) is 0.545. The van der Waals surface area contributed by atoms with Crippen molar-refractivity contribution in [2.45, 2.75) is 56.1 Å².